The highest BCUT2D eigenvalue weighted by atomic mass is 19.3. The highest BCUT2D eigenvalue weighted by molar-refractivity contribution is 6.04. The first-order chi connectivity index (χ1) is 19.4. The smallest absolute Gasteiger partial charge is 0.387 e. The number of para-hydroxylation sites is 1. The van der Waals surface area contributed by atoms with Crippen LogP contribution in [0.5, 0.6) is 5.75 Å². The third-order valence-corrected chi connectivity index (χ3v) is 6.63. The van der Waals surface area contributed by atoms with Crippen LogP contribution in [0.1, 0.15) is 29.8 Å². The molecule has 0 saturated carbocycles. The summed E-state index contributed by atoms with van der Waals surface area (Å²) < 4.78 is 58.2. The summed E-state index contributed by atoms with van der Waals surface area (Å²) in [7, 11) is 1.43. The number of ether oxygens (including phenoxy) is 1. The Labute approximate surface area is 233 Å². The molecule has 0 bridgehead atoms. The molecule has 3 amide bonds. The Hall–Kier alpha value is -4.61. The molecule has 4 rings (SSSR count). The molecule has 3 aromatic rings. The van der Waals surface area contributed by atoms with Crippen molar-refractivity contribution < 1.29 is 36.7 Å². The van der Waals surface area contributed by atoms with Crippen LogP contribution in [0.4, 0.5) is 28.9 Å². The number of likely N-dealkylation sites (N-methyl/N-ethyl adjacent to an activating group) is 1. The molecule has 0 saturated heterocycles. The molecule has 12 heteroatoms. The summed E-state index contributed by atoms with van der Waals surface area (Å²) in [6, 6.07) is 13.6. The van der Waals surface area contributed by atoms with Gasteiger partial charge in [0.05, 0.1) is 11.4 Å². The lowest BCUT2D eigenvalue weighted by molar-refractivity contribution is -0.130. The number of nitrogens with one attached hydrogen (secondary N) is 2. The normalized spacial score (nSPS) is 15.3. The summed E-state index contributed by atoms with van der Waals surface area (Å²) >= 11 is 0. The van der Waals surface area contributed by atoms with Gasteiger partial charge in [0, 0.05) is 31.3 Å². The van der Waals surface area contributed by atoms with Gasteiger partial charge in [0.25, 0.3) is 11.8 Å². The van der Waals surface area contributed by atoms with Crippen molar-refractivity contribution in [1.82, 2.24) is 10.6 Å². The summed E-state index contributed by atoms with van der Waals surface area (Å²) in [5.74, 6) is -3.08. The number of carbonyl (C=O) groups is 3. The standard InChI is InChI=1S/C29H28F4N4O4/c1-29(2,35-25(38)17-8-10-19(30)11-9-17)27(40)34-21-16-37(15-18-6-4-5-7-24(18)41-28(32)33)22-13-12-20(31)14-23(22)36(3)26(21)39/h4-14,21,28H,15-16H2,1-3H3,(H,34,40)(H,35,38)/t21-/m1/s1. The van der Waals surface area contributed by atoms with Crippen LogP contribution < -0.4 is 25.2 Å². The minimum Gasteiger partial charge on any atom is -0.434 e. The number of hydrogen-bond acceptors (Lipinski definition) is 5. The van der Waals surface area contributed by atoms with E-state index in [1.807, 2.05) is 0 Å². The fraction of sp³-hybridized carbons (Fsp3) is 0.276. The van der Waals surface area contributed by atoms with Gasteiger partial charge in [0.2, 0.25) is 5.91 Å². The lowest BCUT2D eigenvalue weighted by Crippen LogP contribution is -2.60. The van der Waals surface area contributed by atoms with Crippen LogP contribution in [0.2, 0.25) is 0 Å². The molecule has 1 heterocycles. The SMILES string of the molecule is CN1C(=O)[C@H](NC(=O)C(C)(C)NC(=O)c2ccc(F)cc2)CN(Cc2ccccc2OC(F)F)c2ccc(F)cc21. The largest absolute Gasteiger partial charge is 0.434 e. The number of fused-ring (bicyclic) bond motifs is 1. The second-order valence-electron chi connectivity index (χ2n) is 10.0. The molecule has 0 unspecified atom stereocenters. The quantitative estimate of drug-likeness (QED) is 0.394. The number of amides is 3. The van der Waals surface area contributed by atoms with Crippen LogP contribution >= 0.6 is 0 Å². The Balaban J connectivity index is 1.61. The maximum Gasteiger partial charge on any atom is 0.387 e. The monoisotopic (exact) mass is 572 g/mol. The lowest BCUT2D eigenvalue weighted by atomic mass is 10.0. The van der Waals surface area contributed by atoms with Crippen molar-refractivity contribution in [2.75, 3.05) is 23.4 Å². The van der Waals surface area contributed by atoms with Gasteiger partial charge in [-0.15, -0.1) is 0 Å². The van der Waals surface area contributed by atoms with Gasteiger partial charge in [-0.1, -0.05) is 18.2 Å². The van der Waals surface area contributed by atoms with Crippen molar-refractivity contribution in [3.63, 3.8) is 0 Å². The number of alkyl halides is 2. The Morgan fingerprint density at radius 3 is 2.34 bits per heavy atom. The van der Waals surface area contributed by atoms with E-state index in [0.29, 0.717) is 11.3 Å². The number of benzene rings is 3. The highest BCUT2D eigenvalue weighted by Gasteiger charge is 2.37. The van der Waals surface area contributed by atoms with Crippen LogP contribution in [0.15, 0.2) is 66.7 Å². The molecule has 0 radical (unpaired) electrons. The zero-order valence-corrected chi connectivity index (χ0v) is 22.5. The predicted molar refractivity (Wildman–Crippen MR) is 144 cm³/mol. The van der Waals surface area contributed by atoms with E-state index in [0.717, 1.165) is 12.1 Å². The van der Waals surface area contributed by atoms with Crippen LogP contribution in [0.25, 0.3) is 0 Å². The van der Waals surface area contributed by atoms with Crippen molar-refractivity contribution in [3.05, 3.63) is 89.5 Å². The molecule has 216 valence electrons. The van der Waals surface area contributed by atoms with Gasteiger partial charge in [-0.05, 0) is 62.4 Å². The summed E-state index contributed by atoms with van der Waals surface area (Å²) in [6.07, 6.45) is 0. The molecule has 41 heavy (non-hydrogen) atoms. The van der Waals surface area contributed by atoms with Crippen molar-refractivity contribution >= 4 is 29.1 Å². The van der Waals surface area contributed by atoms with Gasteiger partial charge < -0.3 is 25.2 Å². The Bertz CT molecular complexity index is 1450. The summed E-state index contributed by atoms with van der Waals surface area (Å²) in [5.41, 5.74) is -0.362. The van der Waals surface area contributed by atoms with Crippen molar-refractivity contribution in [2.45, 2.75) is 38.6 Å². The van der Waals surface area contributed by atoms with Gasteiger partial charge >= 0.3 is 6.61 Å². The van der Waals surface area contributed by atoms with E-state index in [2.05, 4.69) is 15.4 Å². The summed E-state index contributed by atoms with van der Waals surface area (Å²) in [5, 5.41) is 5.24. The van der Waals surface area contributed by atoms with Crippen molar-refractivity contribution in [2.24, 2.45) is 0 Å². The van der Waals surface area contributed by atoms with Crippen LogP contribution in [0.3, 0.4) is 0 Å². The van der Waals surface area contributed by atoms with E-state index in [-0.39, 0.29) is 30.1 Å². The molecular formula is C29H28F4N4O4. The number of hydrogen-bond donors (Lipinski definition) is 2. The average Bonchev–Trinajstić information content (AvgIpc) is 3.00. The number of nitrogens with zero attached hydrogens (tertiary/aromatic N) is 2. The van der Waals surface area contributed by atoms with E-state index >= 15 is 0 Å². The van der Waals surface area contributed by atoms with Crippen LogP contribution in [-0.4, -0.2) is 49.5 Å². The van der Waals surface area contributed by atoms with Gasteiger partial charge in [-0.25, -0.2) is 8.78 Å². The molecular weight excluding hydrogens is 544 g/mol. The summed E-state index contributed by atoms with van der Waals surface area (Å²) in [6.45, 7) is -0.310. The summed E-state index contributed by atoms with van der Waals surface area (Å²) in [4.78, 5) is 42.4. The third-order valence-electron chi connectivity index (χ3n) is 6.63. The topological polar surface area (TPSA) is 91.0 Å². The van der Waals surface area contributed by atoms with Crippen LogP contribution in [0, 0.1) is 11.6 Å². The molecule has 8 nitrogen and oxygen atoms in total. The maximum absolute atomic E-state index is 14.2. The first-order valence-corrected chi connectivity index (χ1v) is 12.6. The van der Waals surface area contributed by atoms with Crippen molar-refractivity contribution in [1.29, 1.82) is 0 Å². The Morgan fingerprint density at radius 1 is 1.00 bits per heavy atom. The molecule has 0 fully saturated rings. The van der Waals surface area contributed by atoms with Crippen molar-refractivity contribution in [3.8, 4) is 5.75 Å². The van der Waals surface area contributed by atoms with E-state index in [1.54, 1.807) is 17.0 Å². The molecule has 1 aliphatic heterocycles. The minimum atomic E-state index is -3.06. The molecule has 1 aliphatic rings. The number of carbonyl (C=O) groups excluding carboxylic acids is 3. The number of halogens is 4. The van der Waals surface area contributed by atoms with E-state index in [4.69, 9.17) is 0 Å². The molecule has 1 atom stereocenters. The molecule has 2 N–H and O–H groups in total. The van der Waals surface area contributed by atoms with Gasteiger partial charge in [0.1, 0.15) is 29.0 Å². The number of anilines is 2. The fourth-order valence-corrected chi connectivity index (χ4v) is 4.44. The van der Waals surface area contributed by atoms with Gasteiger partial charge in [0.15, 0.2) is 0 Å². The van der Waals surface area contributed by atoms with E-state index in [1.165, 1.54) is 68.3 Å². The van der Waals surface area contributed by atoms with E-state index in [9.17, 15) is 31.9 Å². The first-order valence-electron chi connectivity index (χ1n) is 12.6. The molecule has 0 spiro atoms. The zero-order valence-electron chi connectivity index (χ0n) is 22.5. The first kappa shape index (κ1) is 29.4. The number of rotatable bonds is 8. The van der Waals surface area contributed by atoms with E-state index < -0.39 is 47.5 Å². The Morgan fingerprint density at radius 2 is 1.66 bits per heavy atom. The second kappa shape index (κ2) is 11.9. The molecule has 3 aromatic carbocycles. The van der Waals surface area contributed by atoms with Gasteiger partial charge in [-0.2, -0.15) is 8.78 Å². The highest BCUT2D eigenvalue weighted by Crippen LogP contribution is 2.35. The predicted octanol–water partition coefficient (Wildman–Crippen LogP) is 4.24. The van der Waals surface area contributed by atoms with Gasteiger partial charge in [-0.3, -0.25) is 14.4 Å². The maximum atomic E-state index is 14.2. The lowest BCUT2D eigenvalue weighted by Gasteiger charge is -2.30. The molecule has 0 aliphatic carbocycles. The minimum absolute atomic E-state index is 0.0142. The Kier molecular flexibility index (Phi) is 8.50. The fourth-order valence-electron chi connectivity index (χ4n) is 4.44. The molecule has 0 aromatic heterocycles. The average molecular weight is 573 g/mol. The zero-order chi connectivity index (χ0) is 29.9. The van der Waals surface area contributed by atoms with Crippen LogP contribution in [-0.2, 0) is 16.1 Å². The third kappa shape index (κ3) is 6.76. The second-order valence-corrected chi connectivity index (χ2v) is 10.0.